The third-order valence-electron chi connectivity index (χ3n) is 5.08. The van der Waals surface area contributed by atoms with Crippen LogP contribution in [0.1, 0.15) is 36.5 Å². The van der Waals surface area contributed by atoms with Crippen LogP contribution < -0.4 is 14.8 Å². The van der Waals surface area contributed by atoms with Gasteiger partial charge in [-0.3, -0.25) is 14.5 Å². The van der Waals surface area contributed by atoms with Crippen LogP contribution in [0.25, 0.3) is 0 Å². The summed E-state index contributed by atoms with van der Waals surface area (Å²) in [5.41, 5.74) is 0.578. The van der Waals surface area contributed by atoms with Crippen molar-refractivity contribution < 1.29 is 19.1 Å². The van der Waals surface area contributed by atoms with E-state index in [9.17, 15) is 9.59 Å². The van der Waals surface area contributed by atoms with E-state index < -0.39 is 0 Å². The topological polar surface area (TPSA) is 71.1 Å². The predicted molar refractivity (Wildman–Crippen MR) is 97.4 cm³/mol. The van der Waals surface area contributed by atoms with Crippen molar-refractivity contribution >= 4 is 11.7 Å². The van der Waals surface area contributed by atoms with Crippen molar-refractivity contribution in [3.8, 4) is 11.5 Å². The zero-order chi connectivity index (χ0) is 18.5. The molecule has 1 fully saturated rings. The van der Waals surface area contributed by atoms with Gasteiger partial charge in [0.2, 0.25) is 12.7 Å². The van der Waals surface area contributed by atoms with Crippen molar-refractivity contribution in [1.82, 2.24) is 15.1 Å². The minimum Gasteiger partial charge on any atom is -0.454 e. The fraction of sp³-hybridized carbons (Fsp3) is 0.579. The second-order valence-corrected chi connectivity index (χ2v) is 6.92. The number of likely N-dealkylation sites (N-methyl/N-ethyl adjacent to an activating group) is 1. The lowest BCUT2D eigenvalue weighted by atomic mass is 10.0. The van der Waals surface area contributed by atoms with E-state index >= 15 is 0 Å². The highest BCUT2D eigenvalue weighted by molar-refractivity contribution is 6.00. The Morgan fingerprint density at radius 3 is 2.73 bits per heavy atom. The fourth-order valence-electron chi connectivity index (χ4n) is 3.20. The van der Waals surface area contributed by atoms with E-state index in [1.165, 1.54) is 12.8 Å². The third-order valence-corrected chi connectivity index (χ3v) is 5.08. The highest BCUT2D eigenvalue weighted by atomic mass is 16.7. The van der Waals surface area contributed by atoms with Crippen LogP contribution in [-0.2, 0) is 4.79 Å². The molecule has 0 saturated carbocycles. The van der Waals surface area contributed by atoms with E-state index in [4.69, 9.17) is 9.47 Å². The maximum atomic E-state index is 12.7. The van der Waals surface area contributed by atoms with Crippen LogP contribution in [0.3, 0.4) is 0 Å². The lowest BCUT2D eigenvalue weighted by molar-refractivity contribution is -0.122. The molecule has 1 unspecified atom stereocenters. The summed E-state index contributed by atoms with van der Waals surface area (Å²) in [6.45, 7) is 5.36. The first-order valence-corrected chi connectivity index (χ1v) is 9.18. The standard InChI is InChI=1S/C19H27N3O4/c1-14(19(24)15-5-6-16-17(11-15)26-13-25-16)21(2)12-20-18(23)7-10-22-8-3-4-9-22/h5-6,11,14H,3-4,7-10,12-13H2,1-2H3,(H,20,23). The summed E-state index contributed by atoms with van der Waals surface area (Å²) in [5, 5.41) is 2.90. The molecular weight excluding hydrogens is 334 g/mol. The molecule has 142 valence electrons. The van der Waals surface area contributed by atoms with E-state index in [-0.39, 0.29) is 24.5 Å². The number of carbonyl (C=O) groups is 2. The van der Waals surface area contributed by atoms with E-state index in [0.717, 1.165) is 19.6 Å². The number of rotatable bonds is 8. The van der Waals surface area contributed by atoms with Gasteiger partial charge in [0, 0.05) is 18.5 Å². The molecule has 2 aliphatic heterocycles. The Bertz CT molecular complexity index is 658. The molecule has 1 aromatic carbocycles. The largest absolute Gasteiger partial charge is 0.454 e. The molecule has 0 aliphatic carbocycles. The number of fused-ring (bicyclic) bond motifs is 1. The monoisotopic (exact) mass is 361 g/mol. The molecule has 1 amide bonds. The number of ketones is 1. The van der Waals surface area contributed by atoms with Gasteiger partial charge < -0.3 is 19.7 Å². The molecule has 3 rings (SSSR count). The smallest absolute Gasteiger partial charge is 0.231 e. The van der Waals surface area contributed by atoms with Gasteiger partial charge in [-0.1, -0.05) is 0 Å². The van der Waals surface area contributed by atoms with Crippen molar-refractivity contribution in [3.63, 3.8) is 0 Å². The summed E-state index contributed by atoms with van der Waals surface area (Å²) >= 11 is 0. The van der Waals surface area contributed by atoms with Crippen LogP contribution >= 0.6 is 0 Å². The van der Waals surface area contributed by atoms with Crippen molar-refractivity contribution in [3.05, 3.63) is 23.8 Å². The summed E-state index contributed by atoms with van der Waals surface area (Å²) in [6.07, 6.45) is 2.95. The number of carbonyl (C=O) groups excluding carboxylic acids is 2. The number of Topliss-reactive ketones (excluding diaryl/α,β-unsaturated/α-hetero) is 1. The van der Waals surface area contributed by atoms with E-state index in [2.05, 4.69) is 10.2 Å². The van der Waals surface area contributed by atoms with E-state index in [0.29, 0.717) is 30.2 Å². The highest BCUT2D eigenvalue weighted by Crippen LogP contribution is 2.32. The Balaban J connectivity index is 1.45. The van der Waals surface area contributed by atoms with Crippen LogP contribution in [0.15, 0.2) is 18.2 Å². The molecule has 0 radical (unpaired) electrons. The molecule has 0 spiro atoms. The summed E-state index contributed by atoms with van der Waals surface area (Å²) in [6, 6.07) is 4.86. The lowest BCUT2D eigenvalue weighted by Crippen LogP contribution is -2.44. The van der Waals surface area contributed by atoms with Gasteiger partial charge in [0.15, 0.2) is 17.3 Å². The van der Waals surface area contributed by atoms with Crippen molar-refractivity contribution in [2.45, 2.75) is 32.2 Å². The molecule has 2 heterocycles. The van der Waals surface area contributed by atoms with Gasteiger partial charge in [0.1, 0.15) is 0 Å². The number of hydrogen-bond acceptors (Lipinski definition) is 6. The number of benzene rings is 1. The van der Waals surface area contributed by atoms with Crippen molar-refractivity contribution in [1.29, 1.82) is 0 Å². The van der Waals surface area contributed by atoms with Gasteiger partial charge in [0.05, 0.1) is 12.7 Å². The minimum atomic E-state index is -0.353. The van der Waals surface area contributed by atoms with Gasteiger partial charge in [0.25, 0.3) is 0 Å². The predicted octanol–water partition coefficient (Wildman–Crippen LogP) is 1.48. The van der Waals surface area contributed by atoms with Gasteiger partial charge >= 0.3 is 0 Å². The first-order chi connectivity index (χ1) is 12.5. The summed E-state index contributed by atoms with van der Waals surface area (Å²) in [5.74, 6) is 1.26. The van der Waals surface area contributed by atoms with Crippen LogP contribution in [0.5, 0.6) is 11.5 Å². The summed E-state index contributed by atoms with van der Waals surface area (Å²) in [4.78, 5) is 28.8. The molecule has 1 N–H and O–H groups in total. The molecule has 26 heavy (non-hydrogen) atoms. The SMILES string of the molecule is CC(C(=O)c1ccc2c(c1)OCO2)N(C)CNC(=O)CCN1CCCC1. The average molecular weight is 361 g/mol. The number of ether oxygens (including phenoxy) is 2. The number of nitrogens with one attached hydrogen (secondary N) is 1. The van der Waals surface area contributed by atoms with E-state index in [1.54, 1.807) is 18.2 Å². The Kier molecular flexibility index (Phi) is 6.11. The summed E-state index contributed by atoms with van der Waals surface area (Å²) < 4.78 is 10.6. The second-order valence-electron chi connectivity index (χ2n) is 6.92. The normalized spacial score (nSPS) is 17.5. The molecule has 0 bridgehead atoms. The third kappa shape index (κ3) is 4.53. The zero-order valence-electron chi connectivity index (χ0n) is 15.5. The zero-order valence-corrected chi connectivity index (χ0v) is 15.5. The average Bonchev–Trinajstić information content (AvgIpc) is 3.33. The fourth-order valence-corrected chi connectivity index (χ4v) is 3.20. The molecule has 7 nitrogen and oxygen atoms in total. The molecule has 0 aromatic heterocycles. The van der Waals surface area contributed by atoms with Gasteiger partial charge in [-0.2, -0.15) is 0 Å². The first-order valence-electron chi connectivity index (χ1n) is 9.18. The number of nitrogens with zero attached hydrogens (tertiary/aromatic N) is 2. The maximum absolute atomic E-state index is 12.7. The minimum absolute atomic E-state index is 0.0166. The Morgan fingerprint density at radius 1 is 1.23 bits per heavy atom. The Labute approximate surface area is 154 Å². The Hall–Kier alpha value is -2.12. The Morgan fingerprint density at radius 2 is 1.96 bits per heavy atom. The second kappa shape index (κ2) is 8.51. The quantitative estimate of drug-likeness (QED) is 0.559. The molecular formula is C19H27N3O4. The van der Waals surface area contributed by atoms with E-state index in [1.807, 2.05) is 18.9 Å². The molecule has 1 saturated heterocycles. The van der Waals surface area contributed by atoms with Gasteiger partial charge in [-0.15, -0.1) is 0 Å². The van der Waals surface area contributed by atoms with Crippen LogP contribution in [0.4, 0.5) is 0 Å². The number of likely N-dealkylation sites (tertiary alicyclic amines) is 1. The van der Waals surface area contributed by atoms with Crippen LogP contribution in [-0.4, -0.2) is 67.7 Å². The van der Waals surface area contributed by atoms with Crippen molar-refractivity contribution in [2.75, 3.05) is 40.1 Å². The summed E-state index contributed by atoms with van der Waals surface area (Å²) in [7, 11) is 1.83. The van der Waals surface area contributed by atoms with Gasteiger partial charge in [-0.25, -0.2) is 0 Å². The number of hydrogen-bond donors (Lipinski definition) is 1. The lowest BCUT2D eigenvalue weighted by Gasteiger charge is -2.24. The van der Waals surface area contributed by atoms with Crippen molar-refractivity contribution in [2.24, 2.45) is 0 Å². The van der Waals surface area contributed by atoms with Crippen LogP contribution in [0, 0.1) is 0 Å². The first kappa shape index (κ1) is 18.7. The molecule has 2 aliphatic rings. The molecule has 1 aromatic rings. The van der Waals surface area contributed by atoms with Gasteiger partial charge in [-0.05, 0) is 58.1 Å². The van der Waals surface area contributed by atoms with Crippen LogP contribution in [0.2, 0.25) is 0 Å². The number of amides is 1. The maximum Gasteiger partial charge on any atom is 0.231 e. The molecule has 1 atom stereocenters. The molecule has 7 heteroatoms. The highest BCUT2D eigenvalue weighted by Gasteiger charge is 2.23.